The Morgan fingerprint density at radius 1 is 1.28 bits per heavy atom. The Morgan fingerprint density at radius 3 is 2.80 bits per heavy atom. The molecule has 1 aliphatic rings. The molecule has 1 fully saturated rings. The van der Waals surface area contributed by atoms with Crippen LogP contribution in [-0.2, 0) is 19.7 Å². The van der Waals surface area contributed by atoms with Gasteiger partial charge in [0.25, 0.3) is 0 Å². The van der Waals surface area contributed by atoms with Crippen molar-refractivity contribution in [1.82, 2.24) is 19.9 Å². The predicted octanol–water partition coefficient (Wildman–Crippen LogP) is 2.34. The van der Waals surface area contributed by atoms with E-state index < -0.39 is 0 Å². The molecule has 1 aliphatic heterocycles. The van der Waals surface area contributed by atoms with Gasteiger partial charge >= 0.3 is 0 Å². The summed E-state index contributed by atoms with van der Waals surface area (Å²) in [6, 6.07) is 4.35. The topological polar surface area (TPSA) is 78.8 Å². The lowest BCUT2D eigenvalue weighted by Crippen LogP contribution is -2.36. The maximum atomic E-state index is 9.12. The maximum absolute atomic E-state index is 9.12. The summed E-state index contributed by atoms with van der Waals surface area (Å²) in [5, 5.41) is 13.1. The molecule has 0 bridgehead atoms. The summed E-state index contributed by atoms with van der Waals surface area (Å²) in [7, 11) is 0. The Morgan fingerprint density at radius 2 is 2.12 bits per heavy atom. The highest BCUT2D eigenvalue weighted by atomic mass is 16.5. The molecule has 2 aromatic heterocycles. The summed E-state index contributed by atoms with van der Waals surface area (Å²) in [4.78, 5) is 9.22. The van der Waals surface area contributed by atoms with Crippen molar-refractivity contribution in [2.75, 3.05) is 19.6 Å². The fourth-order valence-corrected chi connectivity index (χ4v) is 3.56. The molecule has 1 saturated heterocycles. The molecular weight excluding hydrogens is 320 g/mol. The van der Waals surface area contributed by atoms with Gasteiger partial charge < -0.3 is 14.0 Å². The molecule has 0 radical (unpaired) electrons. The zero-order valence-electron chi connectivity index (χ0n) is 15.1. The average Bonchev–Trinajstić information content (AvgIpc) is 3.17. The van der Waals surface area contributed by atoms with E-state index in [0.29, 0.717) is 17.7 Å². The average molecular weight is 348 g/mol. The Labute approximate surface area is 148 Å². The number of rotatable bonds is 7. The van der Waals surface area contributed by atoms with Crippen LogP contribution in [0.5, 0.6) is 0 Å². The van der Waals surface area contributed by atoms with Gasteiger partial charge in [0.1, 0.15) is 18.1 Å². The molecule has 25 heavy (non-hydrogen) atoms. The number of aromatic nitrogens is 2. The Hall–Kier alpha value is -1.70. The maximum Gasteiger partial charge on any atom is 0.223 e. The fraction of sp³-hybridized carbons (Fsp3) is 0.667. The molecule has 0 aromatic carbocycles. The molecular formula is C18H28N4O3. The van der Waals surface area contributed by atoms with Gasteiger partial charge in [0.05, 0.1) is 13.1 Å². The van der Waals surface area contributed by atoms with Crippen molar-refractivity contribution >= 4 is 0 Å². The molecule has 1 unspecified atom stereocenters. The molecule has 138 valence electrons. The van der Waals surface area contributed by atoms with Gasteiger partial charge in [0, 0.05) is 19.5 Å². The van der Waals surface area contributed by atoms with Gasteiger partial charge in [-0.1, -0.05) is 12.1 Å². The Kier molecular flexibility index (Phi) is 6.23. The summed E-state index contributed by atoms with van der Waals surface area (Å²) in [6.07, 6.45) is 3.47. The summed E-state index contributed by atoms with van der Waals surface area (Å²) >= 11 is 0. The number of likely N-dealkylation sites (tertiary alicyclic amines) is 1. The molecule has 2 aromatic rings. The van der Waals surface area contributed by atoms with Crippen LogP contribution in [0, 0.1) is 6.92 Å². The lowest BCUT2D eigenvalue weighted by molar-refractivity contribution is 0.168. The predicted molar refractivity (Wildman–Crippen MR) is 92.7 cm³/mol. The van der Waals surface area contributed by atoms with Gasteiger partial charge in [-0.15, -0.1) is 0 Å². The van der Waals surface area contributed by atoms with Gasteiger partial charge in [-0.2, -0.15) is 4.98 Å². The van der Waals surface area contributed by atoms with Gasteiger partial charge in [-0.05, 0) is 44.5 Å². The highest BCUT2D eigenvalue weighted by Crippen LogP contribution is 2.20. The Bertz CT molecular complexity index is 654. The van der Waals surface area contributed by atoms with Crippen LogP contribution in [0.4, 0.5) is 0 Å². The third kappa shape index (κ3) is 4.90. The first-order valence-corrected chi connectivity index (χ1v) is 9.12. The van der Waals surface area contributed by atoms with Crippen molar-refractivity contribution in [1.29, 1.82) is 0 Å². The molecule has 0 saturated carbocycles. The summed E-state index contributed by atoms with van der Waals surface area (Å²) in [6.45, 7) is 8.63. The first-order chi connectivity index (χ1) is 12.2. The highest BCUT2D eigenvalue weighted by Gasteiger charge is 2.23. The first-order valence-electron chi connectivity index (χ1n) is 9.12. The zero-order valence-corrected chi connectivity index (χ0v) is 15.1. The summed E-state index contributed by atoms with van der Waals surface area (Å²) in [5.41, 5.74) is 0. The van der Waals surface area contributed by atoms with Gasteiger partial charge in [-0.25, -0.2) is 0 Å². The lowest BCUT2D eigenvalue weighted by Gasteiger charge is -2.28. The van der Waals surface area contributed by atoms with Gasteiger partial charge in [-0.3, -0.25) is 9.80 Å². The third-order valence-corrected chi connectivity index (χ3v) is 4.88. The number of aliphatic hydroxyl groups is 1. The minimum Gasteiger partial charge on any atom is -0.462 e. The van der Waals surface area contributed by atoms with E-state index in [4.69, 9.17) is 14.0 Å². The largest absolute Gasteiger partial charge is 0.462 e. The van der Waals surface area contributed by atoms with Gasteiger partial charge in [0.2, 0.25) is 5.89 Å². The van der Waals surface area contributed by atoms with E-state index in [9.17, 15) is 0 Å². The van der Waals surface area contributed by atoms with Crippen molar-refractivity contribution in [3.05, 3.63) is 35.4 Å². The monoisotopic (exact) mass is 348 g/mol. The number of hydrogen-bond donors (Lipinski definition) is 1. The van der Waals surface area contributed by atoms with E-state index in [1.807, 2.05) is 19.1 Å². The van der Waals surface area contributed by atoms with Crippen molar-refractivity contribution < 1.29 is 14.0 Å². The number of nitrogens with zero attached hydrogens (tertiary/aromatic N) is 4. The third-order valence-electron chi connectivity index (χ3n) is 4.88. The fourth-order valence-electron chi connectivity index (χ4n) is 3.56. The van der Waals surface area contributed by atoms with Crippen LogP contribution in [0.25, 0.3) is 0 Å². The molecule has 3 rings (SSSR count). The summed E-state index contributed by atoms with van der Waals surface area (Å²) in [5.74, 6) is 2.96. The van der Waals surface area contributed by atoms with Crippen molar-refractivity contribution in [3.8, 4) is 0 Å². The second-order valence-electron chi connectivity index (χ2n) is 6.68. The minimum absolute atomic E-state index is 0.0386. The molecule has 7 heteroatoms. The molecule has 1 atom stereocenters. The van der Waals surface area contributed by atoms with E-state index in [1.54, 1.807) is 0 Å². The van der Waals surface area contributed by atoms with Crippen LogP contribution < -0.4 is 0 Å². The lowest BCUT2D eigenvalue weighted by atomic mass is 10.1. The summed E-state index contributed by atoms with van der Waals surface area (Å²) < 4.78 is 10.7. The van der Waals surface area contributed by atoms with E-state index in [2.05, 4.69) is 26.9 Å². The van der Waals surface area contributed by atoms with Crippen LogP contribution in [0.1, 0.15) is 49.4 Å². The molecule has 1 N–H and O–H groups in total. The normalized spacial score (nSPS) is 19.4. The molecule has 0 aliphatic carbocycles. The smallest absolute Gasteiger partial charge is 0.223 e. The van der Waals surface area contributed by atoms with Crippen LogP contribution in [0.3, 0.4) is 0 Å². The van der Waals surface area contributed by atoms with E-state index in [1.165, 1.54) is 12.8 Å². The molecule has 7 nitrogen and oxygen atoms in total. The minimum atomic E-state index is -0.0386. The van der Waals surface area contributed by atoms with Crippen LogP contribution in [-0.4, -0.2) is 50.7 Å². The van der Waals surface area contributed by atoms with E-state index in [0.717, 1.165) is 50.7 Å². The standard InChI is InChI=1S/C18H28N4O3/c1-3-22(12-18-19-14(2)25-20-18)15-5-4-9-21(10-8-15)11-16-6-7-17(13-23)24-16/h6-7,15,23H,3-5,8-13H2,1-2H3. The zero-order chi connectivity index (χ0) is 17.6. The van der Waals surface area contributed by atoms with Crippen molar-refractivity contribution in [3.63, 3.8) is 0 Å². The second kappa shape index (κ2) is 8.60. The first kappa shape index (κ1) is 18.1. The second-order valence-corrected chi connectivity index (χ2v) is 6.68. The highest BCUT2D eigenvalue weighted by molar-refractivity contribution is 5.06. The van der Waals surface area contributed by atoms with Crippen molar-refractivity contribution in [2.45, 2.75) is 58.8 Å². The number of aliphatic hydroxyl groups excluding tert-OH is 1. The SMILES string of the molecule is CCN(Cc1noc(C)n1)C1CCCN(Cc2ccc(CO)o2)CC1. The number of furan rings is 1. The molecule has 3 heterocycles. The number of hydrogen-bond acceptors (Lipinski definition) is 7. The number of aryl methyl sites for hydroxylation is 1. The van der Waals surface area contributed by atoms with Crippen molar-refractivity contribution in [2.24, 2.45) is 0 Å². The quantitative estimate of drug-likeness (QED) is 0.823. The van der Waals surface area contributed by atoms with E-state index >= 15 is 0 Å². The van der Waals surface area contributed by atoms with Gasteiger partial charge in [0.15, 0.2) is 5.82 Å². The van der Waals surface area contributed by atoms with Crippen LogP contribution in [0.15, 0.2) is 21.1 Å². The van der Waals surface area contributed by atoms with Crippen LogP contribution in [0.2, 0.25) is 0 Å². The Balaban J connectivity index is 1.54. The van der Waals surface area contributed by atoms with Crippen LogP contribution >= 0.6 is 0 Å². The van der Waals surface area contributed by atoms with E-state index in [-0.39, 0.29) is 6.61 Å². The molecule has 0 amide bonds. The molecule has 0 spiro atoms.